The third-order valence-corrected chi connectivity index (χ3v) is 7.80. The summed E-state index contributed by atoms with van der Waals surface area (Å²) in [5, 5.41) is 0. The number of ether oxygens (including phenoxy) is 2. The lowest BCUT2D eigenvalue weighted by molar-refractivity contribution is 0.284. The summed E-state index contributed by atoms with van der Waals surface area (Å²) in [5.41, 5.74) is 7.67. The second-order valence-corrected chi connectivity index (χ2v) is 10.7. The monoisotopic (exact) mass is 521 g/mol. The molecule has 39 heavy (non-hydrogen) atoms. The summed E-state index contributed by atoms with van der Waals surface area (Å²) in [6.45, 7) is 5.57. The summed E-state index contributed by atoms with van der Waals surface area (Å²) in [4.78, 5) is 14.4. The lowest BCUT2D eigenvalue weighted by atomic mass is 9.89. The maximum Gasteiger partial charge on any atom is 0.161 e. The second-order valence-electron chi connectivity index (χ2n) is 10.7. The van der Waals surface area contributed by atoms with Crippen molar-refractivity contribution in [3.05, 3.63) is 88.8 Å². The Bertz CT molecular complexity index is 1350. The van der Waals surface area contributed by atoms with E-state index in [0.717, 1.165) is 64.0 Å². The van der Waals surface area contributed by atoms with Crippen LogP contribution in [0.25, 0.3) is 5.57 Å². The molecule has 202 valence electrons. The molecule has 0 bridgehead atoms. The number of rotatable bonds is 10. The van der Waals surface area contributed by atoms with Gasteiger partial charge in [-0.25, -0.2) is 0 Å². The molecule has 0 spiro atoms. The van der Waals surface area contributed by atoms with Gasteiger partial charge in [0.25, 0.3) is 0 Å². The molecular weight excluding hydrogens is 482 g/mol. The Morgan fingerprint density at radius 3 is 2.56 bits per heavy atom. The van der Waals surface area contributed by atoms with Gasteiger partial charge < -0.3 is 9.47 Å². The van der Waals surface area contributed by atoms with Crippen molar-refractivity contribution >= 4 is 23.7 Å². The molecule has 5 rings (SSSR count). The van der Waals surface area contributed by atoms with Gasteiger partial charge in [-0.2, -0.15) is 0 Å². The van der Waals surface area contributed by atoms with Crippen molar-refractivity contribution in [3.8, 4) is 11.5 Å². The highest BCUT2D eigenvalue weighted by Crippen LogP contribution is 2.36. The lowest BCUT2D eigenvalue weighted by Gasteiger charge is -2.19. The molecule has 0 saturated heterocycles. The number of hydrogen-bond acceptors (Lipinski definition) is 5. The minimum atomic E-state index is 0.132. The molecule has 1 unspecified atom stereocenters. The molecule has 0 radical (unpaired) electrons. The highest BCUT2D eigenvalue weighted by Gasteiger charge is 2.22. The van der Waals surface area contributed by atoms with Gasteiger partial charge in [-0.05, 0) is 73.9 Å². The topological polar surface area (TPSA) is 56.1 Å². The molecule has 5 heteroatoms. The highest BCUT2D eigenvalue weighted by atomic mass is 16.5. The summed E-state index contributed by atoms with van der Waals surface area (Å²) in [5.74, 6) is 2.36. The Morgan fingerprint density at radius 2 is 1.79 bits per heavy atom. The van der Waals surface area contributed by atoms with Crippen LogP contribution in [-0.4, -0.2) is 31.1 Å². The standard InChI is InChI=1S/C34H39N3O2/c1-4-28(20-35-19-25-8-6-5-7-9-25)29-18-31-34(37-21-29)30(22-36-31)16-27-14-15-32(33(17-27)38-3)39-23-26-12-10-24(2)11-13-26/h4,10-15,17-18,20-22,25,30H,5-9,16,19,23H2,1-3H3/b28-4+,35-20?. The zero-order chi connectivity index (χ0) is 27.0. The number of nitrogens with zero attached hydrogens (tertiary/aromatic N) is 3. The molecule has 2 heterocycles. The summed E-state index contributed by atoms with van der Waals surface area (Å²) in [6.07, 6.45) is 15.6. The number of pyridine rings is 1. The summed E-state index contributed by atoms with van der Waals surface area (Å²) >= 11 is 0. The maximum atomic E-state index is 6.06. The normalized spacial score (nSPS) is 17.5. The van der Waals surface area contributed by atoms with Crippen LogP contribution in [0.2, 0.25) is 0 Å². The quantitative estimate of drug-likeness (QED) is 0.253. The number of aromatic nitrogens is 1. The fourth-order valence-corrected chi connectivity index (χ4v) is 5.44. The Kier molecular flexibility index (Phi) is 8.87. The highest BCUT2D eigenvalue weighted by molar-refractivity contribution is 6.10. The third kappa shape index (κ3) is 6.83. The van der Waals surface area contributed by atoms with Crippen LogP contribution in [0.3, 0.4) is 0 Å². The van der Waals surface area contributed by atoms with E-state index in [1.54, 1.807) is 7.11 Å². The first-order valence-electron chi connectivity index (χ1n) is 14.2. The Balaban J connectivity index is 1.22. The van der Waals surface area contributed by atoms with Crippen LogP contribution in [0.4, 0.5) is 5.69 Å². The smallest absolute Gasteiger partial charge is 0.161 e. The summed E-state index contributed by atoms with van der Waals surface area (Å²) in [7, 11) is 1.69. The molecule has 0 amide bonds. The molecule has 1 aliphatic carbocycles. The number of fused-ring (bicyclic) bond motifs is 1. The van der Waals surface area contributed by atoms with Gasteiger partial charge in [0.1, 0.15) is 6.61 Å². The van der Waals surface area contributed by atoms with Crippen LogP contribution >= 0.6 is 0 Å². The molecule has 2 aromatic carbocycles. The molecule has 1 fully saturated rings. The molecule has 1 aromatic heterocycles. The molecule has 1 aliphatic heterocycles. The van der Waals surface area contributed by atoms with Gasteiger partial charge in [0.2, 0.25) is 0 Å². The van der Waals surface area contributed by atoms with Crippen LogP contribution in [-0.2, 0) is 13.0 Å². The predicted octanol–water partition coefficient (Wildman–Crippen LogP) is 8.07. The van der Waals surface area contributed by atoms with E-state index in [1.807, 2.05) is 24.7 Å². The zero-order valence-corrected chi connectivity index (χ0v) is 23.4. The molecule has 5 nitrogen and oxygen atoms in total. The summed E-state index contributed by atoms with van der Waals surface area (Å²) in [6, 6.07) is 16.7. The van der Waals surface area contributed by atoms with Gasteiger partial charge in [-0.1, -0.05) is 61.2 Å². The first-order valence-corrected chi connectivity index (χ1v) is 14.2. The molecule has 1 atom stereocenters. The minimum Gasteiger partial charge on any atom is -0.493 e. The molecule has 2 aliphatic rings. The van der Waals surface area contributed by atoms with Crippen molar-refractivity contribution in [3.63, 3.8) is 0 Å². The van der Waals surface area contributed by atoms with Crippen molar-refractivity contribution in [1.29, 1.82) is 0 Å². The predicted molar refractivity (Wildman–Crippen MR) is 161 cm³/mol. The van der Waals surface area contributed by atoms with E-state index < -0.39 is 0 Å². The lowest BCUT2D eigenvalue weighted by Crippen LogP contribution is -2.09. The Morgan fingerprint density at radius 1 is 1.00 bits per heavy atom. The van der Waals surface area contributed by atoms with E-state index in [1.165, 1.54) is 37.7 Å². The fraction of sp³-hybridized carbons (Fsp3) is 0.382. The van der Waals surface area contributed by atoms with E-state index in [4.69, 9.17) is 24.4 Å². The largest absolute Gasteiger partial charge is 0.493 e. The van der Waals surface area contributed by atoms with Crippen molar-refractivity contribution in [1.82, 2.24) is 4.98 Å². The van der Waals surface area contributed by atoms with Crippen molar-refractivity contribution < 1.29 is 9.47 Å². The van der Waals surface area contributed by atoms with Crippen LogP contribution in [0.5, 0.6) is 11.5 Å². The molecule has 0 N–H and O–H groups in total. The van der Waals surface area contributed by atoms with E-state index in [2.05, 4.69) is 62.4 Å². The van der Waals surface area contributed by atoms with E-state index in [0.29, 0.717) is 6.61 Å². The van der Waals surface area contributed by atoms with Crippen LogP contribution in [0.15, 0.2) is 70.8 Å². The van der Waals surface area contributed by atoms with E-state index in [9.17, 15) is 0 Å². The molecule has 3 aromatic rings. The number of allylic oxidation sites excluding steroid dienone is 2. The van der Waals surface area contributed by atoms with Crippen LogP contribution in [0, 0.1) is 12.8 Å². The Labute approximate surface area is 232 Å². The Hall–Kier alpha value is -3.73. The van der Waals surface area contributed by atoms with Gasteiger partial charge in [-0.3, -0.25) is 15.0 Å². The average molecular weight is 522 g/mol. The average Bonchev–Trinajstić information content (AvgIpc) is 3.37. The number of methoxy groups -OCH3 is 1. The van der Waals surface area contributed by atoms with E-state index >= 15 is 0 Å². The van der Waals surface area contributed by atoms with Gasteiger partial charge in [0, 0.05) is 36.7 Å². The van der Waals surface area contributed by atoms with Crippen LogP contribution < -0.4 is 9.47 Å². The number of aryl methyl sites for hydroxylation is 1. The first kappa shape index (κ1) is 26.9. The zero-order valence-electron chi connectivity index (χ0n) is 23.4. The SMILES string of the molecule is C/C=C(\C=NCC1CCCCC1)c1cnc2c(c1)N=CC2Cc1ccc(OCc2ccc(C)cc2)c(OC)c1. The van der Waals surface area contributed by atoms with Gasteiger partial charge in [0.15, 0.2) is 11.5 Å². The number of hydrogen-bond donors (Lipinski definition) is 0. The summed E-state index contributed by atoms with van der Waals surface area (Å²) < 4.78 is 11.7. The van der Waals surface area contributed by atoms with Gasteiger partial charge in [-0.15, -0.1) is 0 Å². The van der Waals surface area contributed by atoms with Crippen molar-refractivity contribution in [2.75, 3.05) is 13.7 Å². The fourth-order valence-electron chi connectivity index (χ4n) is 5.44. The van der Waals surface area contributed by atoms with Crippen molar-refractivity contribution in [2.24, 2.45) is 15.9 Å². The molecule has 1 saturated carbocycles. The molecular formula is C34H39N3O2. The van der Waals surface area contributed by atoms with Crippen LogP contribution in [0.1, 0.15) is 72.9 Å². The number of aliphatic imine (C=N–C) groups is 2. The minimum absolute atomic E-state index is 0.132. The van der Waals surface area contributed by atoms with E-state index in [-0.39, 0.29) is 5.92 Å². The van der Waals surface area contributed by atoms with Gasteiger partial charge in [0.05, 0.1) is 18.5 Å². The van der Waals surface area contributed by atoms with Crippen molar-refractivity contribution in [2.45, 2.75) is 64.9 Å². The third-order valence-electron chi connectivity index (χ3n) is 7.80. The number of benzene rings is 2. The first-order chi connectivity index (χ1) is 19.1. The second kappa shape index (κ2) is 12.9. The maximum absolute atomic E-state index is 6.06. The van der Waals surface area contributed by atoms with Gasteiger partial charge >= 0.3 is 0 Å².